The summed E-state index contributed by atoms with van der Waals surface area (Å²) in [6, 6.07) is 7.26. The van der Waals surface area contributed by atoms with Gasteiger partial charge in [-0.05, 0) is 30.4 Å². The Labute approximate surface area is 149 Å². The number of aliphatic hydroxyl groups excluding tert-OH is 1. The molecular weight excluding hydrogens is 316 g/mol. The van der Waals surface area contributed by atoms with Crippen LogP contribution in [0.2, 0.25) is 0 Å². The van der Waals surface area contributed by atoms with Gasteiger partial charge in [-0.3, -0.25) is 4.68 Å². The van der Waals surface area contributed by atoms with Crippen LogP contribution >= 0.6 is 0 Å². The molecule has 2 rings (SSSR count). The number of nitrogens with zero attached hydrogens (tertiary/aromatic N) is 2. The van der Waals surface area contributed by atoms with E-state index in [0.29, 0.717) is 11.6 Å². The summed E-state index contributed by atoms with van der Waals surface area (Å²) in [6.07, 6.45) is 1.73. The topological polar surface area (TPSA) is 79.2 Å². The second kappa shape index (κ2) is 8.67. The molecule has 0 fully saturated rings. The fraction of sp³-hybridized carbons (Fsp3) is 0.474. The molecule has 1 aromatic carbocycles. The van der Waals surface area contributed by atoms with Gasteiger partial charge in [0.15, 0.2) is 0 Å². The predicted octanol–water partition coefficient (Wildman–Crippen LogP) is 3.27. The fourth-order valence-corrected chi connectivity index (χ4v) is 2.82. The molecule has 0 radical (unpaired) electrons. The SMILES string of the molecule is CCc1c(NC(=O)NCC(O)c2ccccc2C)cnn1CC(C)C. The maximum absolute atomic E-state index is 12.2. The van der Waals surface area contributed by atoms with Gasteiger partial charge in [-0.15, -0.1) is 0 Å². The lowest BCUT2D eigenvalue weighted by molar-refractivity contribution is 0.174. The smallest absolute Gasteiger partial charge is 0.319 e. The van der Waals surface area contributed by atoms with Gasteiger partial charge in [0.25, 0.3) is 0 Å². The van der Waals surface area contributed by atoms with E-state index in [9.17, 15) is 9.90 Å². The van der Waals surface area contributed by atoms with E-state index in [1.54, 1.807) is 6.20 Å². The zero-order valence-corrected chi connectivity index (χ0v) is 15.4. The van der Waals surface area contributed by atoms with Crippen LogP contribution in [0, 0.1) is 12.8 Å². The van der Waals surface area contributed by atoms with Crippen LogP contribution in [0.15, 0.2) is 30.5 Å². The Kier molecular flexibility index (Phi) is 6.58. The van der Waals surface area contributed by atoms with E-state index in [1.165, 1.54) is 0 Å². The predicted molar refractivity (Wildman–Crippen MR) is 99.6 cm³/mol. The zero-order chi connectivity index (χ0) is 18.4. The summed E-state index contributed by atoms with van der Waals surface area (Å²) in [5.74, 6) is 0.483. The van der Waals surface area contributed by atoms with Crippen LogP contribution < -0.4 is 10.6 Å². The Morgan fingerprint density at radius 3 is 2.68 bits per heavy atom. The monoisotopic (exact) mass is 344 g/mol. The number of aryl methyl sites for hydroxylation is 1. The molecule has 0 bridgehead atoms. The number of urea groups is 1. The quantitative estimate of drug-likeness (QED) is 0.721. The number of anilines is 1. The molecule has 0 spiro atoms. The first-order valence-electron chi connectivity index (χ1n) is 8.75. The van der Waals surface area contributed by atoms with E-state index in [0.717, 1.165) is 29.8 Å². The largest absolute Gasteiger partial charge is 0.387 e. The average Bonchev–Trinajstić information content (AvgIpc) is 2.93. The number of aliphatic hydroxyl groups is 1. The van der Waals surface area contributed by atoms with Gasteiger partial charge in [-0.25, -0.2) is 4.79 Å². The van der Waals surface area contributed by atoms with Crippen LogP contribution in [0.5, 0.6) is 0 Å². The molecule has 0 aliphatic heterocycles. The summed E-state index contributed by atoms with van der Waals surface area (Å²) in [4.78, 5) is 12.2. The van der Waals surface area contributed by atoms with Crippen LogP contribution in [0.3, 0.4) is 0 Å². The highest BCUT2D eigenvalue weighted by Gasteiger charge is 2.15. The van der Waals surface area contributed by atoms with Crippen molar-refractivity contribution in [3.05, 3.63) is 47.3 Å². The highest BCUT2D eigenvalue weighted by molar-refractivity contribution is 5.89. The number of rotatable bonds is 7. The van der Waals surface area contributed by atoms with Crippen LogP contribution in [-0.2, 0) is 13.0 Å². The highest BCUT2D eigenvalue weighted by atomic mass is 16.3. The van der Waals surface area contributed by atoms with Crippen LogP contribution in [0.4, 0.5) is 10.5 Å². The van der Waals surface area contributed by atoms with E-state index >= 15 is 0 Å². The van der Waals surface area contributed by atoms with Gasteiger partial charge in [0.2, 0.25) is 0 Å². The third-order valence-corrected chi connectivity index (χ3v) is 4.07. The molecule has 136 valence electrons. The molecule has 6 nitrogen and oxygen atoms in total. The molecule has 6 heteroatoms. The third-order valence-electron chi connectivity index (χ3n) is 4.07. The number of hydrogen-bond acceptors (Lipinski definition) is 3. The van der Waals surface area contributed by atoms with E-state index < -0.39 is 6.10 Å². The Balaban J connectivity index is 1.94. The molecule has 1 heterocycles. The highest BCUT2D eigenvalue weighted by Crippen LogP contribution is 2.18. The van der Waals surface area contributed by atoms with Crippen LogP contribution in [0.1, 0.15) is 43.7 Å². The standard InChI is InChI=1S/C19H28N4O2/c1-5-17-16(10-21-23(17)12-13(2)3)22-19(25)20-11-18(24)15-9-7-6-8-14(15)4/h6-10,13,18,24H,5,11-12H2,1-4H3,(H2,20,22,25). The van der Waals surface area contributed by atoms with Gasteiger partial charge in [-0.1, -0.05) is 45.0 Å². The first-order chi connectivity index (χ1) is 11.9. The van der Waals surface area contributed by atoms with E-state index in [1.807, 2.05) is 42.8 Å². The van der Waals surface area contributed by atoms with Gasteiger partial charge in [0.05, 0.1) is 23.7 Å². The summed E-state index contributed by atoms with van der Waals surface area (Å²) in [7, 11) is 0. The normalized spacial score (nSPS) is 12.2. The summed E-state index contributed by atoms with van der Waals surface area (Å²) >= 11 is 0. The molecular formula is C19H28N4O2. The molecule has 2 aromatic rings. The van der Waals surface area contributed by atoms with E-state index in [2.05, 4.69) is 29.6 Å². The van der Waals surface area contributed by atoms with Gasteiger partial charge in [0, 0.05) is 13.1 Å². The zero-order valence-electron chi connectivity index (χ0n) is 15.4. The molecule has 1 unspecified atom stereocenters. The number of carbonyl (C=O) groups excluding carboxylic acids is 1. The minimum atomic E-state index is -0.735. The molecule has 0 saturated heterocycles. The Hall–Kier alpha value is -2.34. The minimum absolute atomic E-state index is 0.151. The second-order valence-electron chi connectivity index (χ2n) is 6.64. The summed E-state index contributed by atoms with van der Waals surface area (Å²) in [6.45, 7) is 9.21. The fourth-order valence-electron chi connectivity index (χ4n) is 2.82. The number of aromatic nitrogens is 2. The molecule has 1 aromatic heterocycles. The van der Waals surface area contributed by atoms with Gasteiger partial charge in [0.1, 0.15) is 0 Å². The van der Waals surface area contributed by atoms with Crippen LogP contribution in [0.25, 0.3) is 0 Å². The van der Waals surface area contributed by atoms with E-state index in [4.69, 9.17) is 0 Å². The lowest BCUT2D eigenvalue weighted by Crippen LogP contribution is -2.32. The first kappa shape index (κ1) is 19.0. The molecule has 25 heavy (non-hydrogen) atoms. The van der Waals surface area contributed by atoms with Crippen LogP contribution in [-0.4, -0.2) is 27.5 Å². The van der Waals surface area contributed by atoms with Crippen molar-refractivity contribution in [2.24, 2.45) is 5.92 Å². The van der Waals surface area contributed by atoms with Gasteiger partial charge < -0.3 is 15.7 Å². The second-order valence-corrected chi connectivity index (χ2v) is 6.64. The van der Waals surface area contributed by atoms with Crippen molar-refractivity contribution < 1.29 is 9.90 Å². The average molecular weight is 344 g/mol. The first-order valence-corrected chi connectivity index (χ1v) is 8.75. The van der Waals surface area contributed by atoms with Crippen molar-refractivity contribution in [3.8, 4) is 0 Å². The van der Waals surface area contributed by atoms with Crippen molar-refractivity contribution in [2.75, 3.05) is 11.9 Å². The van der Waals surface area contributed by atoms with Crippen molar-refractivity contribution >= 4 is 11.7 Å². The maximum Gasteiger partial charge on any atom is 0.319 e. The third kappa shape index (κ3) is 5.06. The summed E-state index contributed by atoms with van der Waals surface area (Å²) < 4.78 is 1.93. The minimum Gasteiger partial charge on any atom is -0.387 e. The van der Waals surface area contributed by atoms with Crippen molar-refractivity contribution in [1.82, 2.24) is 15.1 Å². The molecule has 0 aliphatic rings. The molecule has 0 saturated carbocycles. The van der Waals surface area contributed by atoms with Crippen molar-refractivity contribution in [3.63, 3.8) is 0 Å². The van der Waals surface area contributed by atoms with Crippen molar-refractivity contribution in [2.45, 2.75) is 46.8 Å². The van der Waals surface area contributed by atoms with E-state index in [-0.39, 0.29) is 12.6 Å². The number of nitrogens with one attached hydrogen (secondary N) is 2. The maximum atomic E-state index is 12.2. The van der Waals surface area contributed by atoms with Gasteiger partial charge >= 0.3 is 6.03 Å². The Morgan fingerprint density at radius 2 is 2.04 bits per heavy atom. The van der Waals surface area contributed by atoms with Gasteiger partial charge in [-0.2, -0.15) is 5.10 Å². The summed E-state index contributed by atoms with van der Waals surface area (Å²) in [5.41, 5.74) is 3.54. The Bertz CT molecular complexity index is 709. The lowest BCUT2D eigenvalue weighted by atomic mass is 10.0. The Morgan fingerprint density at radius 1 is 1.32 bits per heavy atom. The molecule has 0 aliphatic carbocycles. The van der Waals surface area contributed by atoms with Crippen molar-refractivity contribution in [1.29, 1.82) is 0 Å². The number of hydrogen-bond donors (Lipinski definition) is 3. The number of carbonyl (C=O) groups is 1. The molecule has 3 N–H and O–H groups in total. The number of amides is 2. The number of benzene rings is 1. The molecule has 1 atom stereocenters. The molecule has 2 amide bonds. The summed E-state index contributed by atoms with van der Waals surface area (Å²) in [5, 5.41) is 20.2. The lowest BCUT2D eigenvalue weighted by Gasteiger charge is -2.15.